The van der Waals surface area contributed by atoms with Crippen LogP contribution >= 0.6 is 11.6 Å². The first-order valence-electron chi connectivity index (χ1n) is 10.0. The molecule has 1 atom stereocenters. The highest BCUT2D eigenvalue weighted by molar-refractivity contribution is 6.32. The third kappa shape index (κ3) is 5.20. The molecule has 1 aliphatic heterocycles. The van der Waals surface area contributed by atoms with Crippen molar-refractivity contribution in [2.75, 3.05) is 19.8 Å². The van der Waals surface area contributed by atoms with Crippen LogP contribution in [0.25, 0.3) is 0 Å². The van der Waals surface area contributed by atoms with Gasteiger partial charge in [-0.3, -0.25) is 9.48 Å². The van der Waals surface area contributed by atoms with Crippen molar-refractivity contribution >= 4 is 17.5 Å². The Balaban J connectivity index is 1.28. The maximum absolute atomic E-state index is 12.2. The van der Waals surface area contributed by atoms with Gasteiger partial charge in [0.25, 0.3) is 0 Å². The summed E-state index contributed by atoms with van der Waals surface area (Å²) in [6.07, 6.45) is 2.92. The lowest BCUT2D eigenvalue weighted by Gasteiger charge is -2.22. The van der Waals surface area contributed by atoms with Crippen molar-refractivity contribution in [3.8, 4) is 5.75 Å². The third-order valence-electron chi connectivity index (χ3n) is 4.96. The van der Waals surface area contributed by atoms with Crippen LogP contribution in [0.3, 0.4) is 0 Å². The molecule has 1 N–H and O–H groups in total. The molecule has 0 aliphatic carbocycles. The molecule has 0 bridgehead atoms. The minimum Gasteiger partial charge on any atom is -0.491 e. The molecule has 0 radical (unpaired) electrons. The standard InChI is InChI=1S/C23H24ClN3O3/c24-19-8-4-5-9-20(19)29-13-11-22(28)25-14-21-23-18(10-12-30-21)16-27(26-23)15-17-6-2-1-3-7-17/h1-9,16,21H,10-15H2,(H,25,28)/t21-/m1/s1. The van der Waals surface area contributed by atoms with E-state index in [1.54, 1.807) is 12.1 Å². The highest BCUT2D eigenvalue weighted by atomic mass is 35.5. The van der Waals surface area contributed by atoms with Gasteiger partial charge in [-0.15, -0.1) is 0 Å². The molecule has 2 aromatic carbocycles. The predicted molar refractivity (Wildman–Crippen MR) is 115 cm³/mol. The number of carbonyl (C=O) groups is 1. The van der Waals surface area contributed by atoms with Gasteiger partial charge in [0.05, 0.1) is 36.9 Å². The van der Waals surface area contributed by atoms with Gasteiger partial charge in [-0.05, 0) is 29.7 Å². The van der Waals surface area contributed by atoms with Gasteiger partial charge in [-0.25, -0.2) is 0 Å². The van der Waals surface area contributed by atoms with E-state index in [1.807, 2.05) is 35.0 Å². The molecule has 4 rings (SSSR count). The number of rotatable bonds is 8. The third-order valence-corrected chi connectivity index (χ3v) is 5.27. The van der Waals surface area contributed by atoms with Crippen molar-refractivity contribution in [2.24, 2.45) is 0 Å². The number of halogens is 1. The lowest BCUT2D eigenvalue weighted by molar-refractivity contribution is -0.122. The van der Waals surface area contributed by atoms with Crippen molar-refractivity contribution in [1.82, 2.24) is 15.1 Å². The first-order valence-corrected chi connectivity index (χ1v) is 10.4. The second-order valence-electron chi connectivity index (χ2n) is 7.17. The van der Waals surface area contributed by atoms with E-state index >= 15 is 0 Å². The SMILES string of the molecule is O=C(CCOc1ccccc1Cl)NC[C@H]1OCCc2cn(Cc3ccccc3)nc21. The van der Waals surface area contributed by atoms with Crippen LogP contribution in [-0.4, -0.2) is 35.4 Å². The number of amides is 1. The quantitative estimate of drug-likeness (QED) is 0.596. The topological polar surface area (TPSA) is 65.4 Å². The number of nitrogens with zero attached hydrogens (tertiary/aromatic N) is 2. The second-order valence-corrected chi connectivity index (χ2v) is 7.57. The fourth-order valence-electron chi connectivity index (χ4n) is 3.45. The number of para-hydroxylation sites is 1. The number of nitrogens with one attached hydrogen (secondary N) is 1. The Morgan fingerprint density at radius 2 is 2.00 bits per heavy atom. The zero-order valence-corrected chi connectivity index (χ0v) is 17.3. The van der Waals surface area contributed by atoms with E-state index in [0.29, 0.717) is 30.5 Å². The number of carbonyl (C=O) groups excluding carboxylic acids is 1. The van der Waals surface area contributed by atoms with Gasteiger partial charge in [0.2, 0.25) is 5.91 Å². The Kier molecular flexibility index (Phi) is 6.67. The first kappa shape index (κ1) is 20.4. The van der Waals surface area contributed by atoms with E-state index in [9.17, 15) is 4.79 Å². The summed E-state index contributed by atoms with van der Waals surface area (Å²) < 4.78 is 13.4. The van der Waals surface area contributed by atoms with Crippen LogP contribution in [0.4, 0.5) is 0 Å². The summed E-state index contributed by atoms with van der Waals surface area (Å²) in [6.45, 7) is 1.99. The zero-order valence-electron chi connectivity index (χ0n) is 16.6. The summed E-state index contributed by atoms with van der Waals surface area (Å²) in [5.41, 5.74) is 3.28. The molecule has 0 spiro atoms. The van der Waals surface area contributed by atoms with Crippen molar-refractivity contribution in [3.63, 3.8) is 0 Å². The maximum Gasteiger partial charge on any atom is 0.223 e. The summed E-state index contributed by atoms with van der Waals surface area (Å²) in [6, 6.07) is 17.4. The highest BCUT2D eigenvalue weighted by Gasteiger charge is 2.25. The molecule has 2 heterocycles. The summed E-state index contributed by atoms with van der Waals surface area (Å²) >= 11 is 6.05. The molecule has 7 heteroatoms. The Hall–Kier alpha value is -2.83. The first-order chi connectivity index (χ1) is 14.7. The van der Waals surface area contributed by atoms with Crippen LogP contribution in [0, 0.1) is 0 Å². The maximum atomic E-state index is 12.2. The van der Waals surface area contributed by atoms with Crippen LogP contribution < -0.4 is 10.1 Å². The number of ether oxygens (including phenoxy) is 2. The number of fused-ring (bicyclic) bond motifs is 1. The molecular weight excluding hydrogens is 402 g/mol. The number of benzene rings is 2. The lowest BCUT2D eigenvalue weighted by atomic mass is 10.1. The van der Waals surface area contributed by atoms with E-state index < -0.39 is 0 Å². The molecule has 0 saturated carbocycles. The van der Waals surface area contributed by atoms with E-state index in [4.69, 9.17) is 26.2 Å². The average Bonchev–Trinajstić information content (AvgIpc) is 3.17. The average molecular weight is 426 g/mol. The molecule has 0 saturated heterocycles. The van der Waals surface area contributed by atoms with E-state index in [1.165, 1.54) is 11.1 Å². The Labute approximate surface area is 180 Å². The van der Waals surface area contributed by atoms with Crippen LogP contribution in [0.1, 0.15) is 29.3 Å². The lowest BCUT2D eigenvalue weighted by Crippen LogP contribution is -2.32. The fraction of sp³-hybridized carbons (Fsp3) is 0.304. The van der Waals surface area contributed by atoms with Crippen molar-refractivity contribution in [2.45, 2.75) is 25.5 Å². The van der Waals surface area contributed by atoms with Crippen LogP contribution in [0.5, 0.6) is 5.75 Å². The van der Waals surface area contributed by atoms with Gasteiger partial charge in [-0.2, -0.15) is 5.10 Å². The normalized spacial score (nSPS) is 15.4. The van der Waals surface area contributed by atoms with Gasteiger partial charge in [0.15, 0.2) is 0 Å². The van der Waals surface area contributed by atoms with Crippen molar-refractivity contribution in [1.29, 1.82) is 0 Å². The van der Waals surface area contributed by atoms with Crippen LogP contribution in [0.2, 0.25) is 5.02 Å². The summed E-state index contributed by atoms with van der Waals surface area (Å²) in [7, 11) is 0. The second kappa shape index (κ2) is 9.78. The Morgan fingerprint density at radius 3 is 2.83 bits per heavy atom. The van der Waals surface area contributed by atoms with Gasteiger partial charge >= 0.3 is 0 Å². The van der Waals surface area contributed by atoms with Crippen LogP contribution in [0.15, 0.2) is 60.8 Å². The zero-order chi connectivity index (χ0) is 20.8. The van der Waals surface area contributed by atoms with E-state index in [0.717, 1.165) is 12.1 Å². The van der Waals surface area contributed by atoms with Crippen molar-refractivity contribution in [3.05, 3.63) is 82.6 Å². The van der Waals surface area contributed by atoms with Gasteiger partial charge < -0.3 is 14.8 Å². The molecule has 30 heavy (non-hydrogen) atoms. The molecule has 3 aromatic rings. The molecule has 1 aliphatic rings. The minimum absolute atomic E-state index is 0.0958. The molecule has 156 valence electrons. The van der Waals surface area contributed by atoms with Crippen molar-refractivity contribution < 1.29 is 14.3 Å². The molecule has 1 aromatic heterocycles. The fourth-order valence-corrected chi connectivity index (χ4v) is 3.64. The van der Waals surface area contributed by atoms with Crippen LogP contribution in [-0.2, 0) is 22.5 Å². The van der Waals surface area contributed by atoms with Gasteiger partial charge in [-0.1, -0.05) is 54.1 Å². The summed E-state index contributed by atoms with van der Waals surface area (Å²) in [5, 5.41) is 8.18. The monoisotopic (exact) mass is 425 g/mol. The highest BCUT2D eigenvalue weighted by Crippen LogP contribution is 2.26. The largest absolute Gasteiger partial charge is 0.491 e. The Morgan fingerprint density at radius 1 is 1.20 bits per heavy atom. The predicted octanol–water partition coefficient (Wildman–Crippen LogP) is 3.78. The molecule has 6 nitrogen and oxygen atoms in total. The van der Waals surface area contributed by atoms with Gasteiger partial charge in [0.1, 0.15) is 11.9 Å². The minimum atomic E-state index is -0.237. The Bertz CT molecular complexity index is 990. The molecule has 0 unspecified atom stereocenters. The smallest absolute Gasteiger partial charge is 0.223 e. The van der Waals surface area contributed by atoms with E-state index in [2.05, 4.69) is 23.6 Å². The summed E-state index contributed by atoms with van der Waals surface area (Å²) in [5.74, 6) is 0.484. The molecule has 0 fully saturated rings. The number of hydrogen-bond donors (Lipinski definition) is 1. The van der Waals surface area contributed by atoms with Gasteiger partial charge in [0, 0.05) is 12.7 Å². The molecular formula is C23H24ClN3O3. The van der Waals surface area contributed by atoms with E-state index in [-0.39, 0.29) is 25.0 Å². The number of aromatic nitrogens is 2. The summed E-state index contributed by atoms with van der Waals surface area (Å²) in [4.78, 5) is 12.2. The molecule has 1 amide bonds. The number of hydrogen-bond acceptors (Lipinski definition) is 4.